The lowest BCUT2D eigenvalue weighted by Gasteiger charge is -2.23. The molecule has 0 amide bonds. The fourth-order valence-corrected chi connectivity index (χ4v) is 3.27. The van der Waals surface area contributed by atoms with Gasteiger partial charge in [0.2, 0.25) is 0 Å². The van der Waals surface area contributed by atoms with Crippen LogP contribution in [0.15, 0.2) is 12.4 Å². The lowest BCUT2D eigenvalue weighted by atomic mass is 10.2. The summed E-state index contributed by atoms with van der Waals surface area (Å²) >= 11 is 0. The summed E-state index contributed by atoms with van der Waals surface area (Å²) in [5.74, 6) is 0. The third-order valence-electron chi connectivity index (χ3n) is 4.41. The highest BCUT2D eigenvalue weighted by atomic mass is 16.5. The van der Waals surface area contributed by atoms with Gasteiger partial charge in [-0.1, -0.05) is 0 Å². The molecule has 5 nitrogen and oxygen atoms in total. The zero-order chi connectivity index (χ0) is 14.5. The standard InChI is InChI=1S/C16H26N4O/c1-14-10-15(18-13-17-14)11-19-5-3-6-20(8-7-19)12-16-4-2-9-21-16/h10,13,16H,2-9,11-12H2,1H3. The highest BCUT2D eigenvalue weighted by molar-refractivity contribution is 5.06. The lowest BCUT2D eigenvalue weighted by molar-refractivity contribution is 0.0742. The number of hydrogen-bond donors (Lipinski definition) is 0. The molecule has 2 fully saturated rings. The first kappa shape index (κ1) is 14.9. The van der Waals surface area contributed by atoms with Gasteiger partial charge < -0.3 is 4.74 Å². The van der Waals surface area contributed by atoms with E-state index in [1.807, 2.05) is 6.92 Å². The summed E-state index contributed by atoms with van der Waals surface area (Å²) in [5, 5.41) is 0. The summed E-state index contributed by atoms with van der Waals surface area (Å²) in [5.41, 5.74) is 2.19. The lowest BCUT2D eigenvalue weighted by Crippen LogP contribution is -2.35. The smallest absolute Gasteiger partial charge is 0.115 e. The van der Waals surface area contributed by atoms with Crippen molar-refractivity contribution in [2.45, 2.75) is 38.8 Å². The number of aryl methyl sites for hydroxylation is 1. The Kier molecular flexibility index (Phi) is 5.17. The van der Waals surface area contributed by atoms with Crippen molar-refractivity contribution >= 4 is 0 Å². The third kappa shape index (κ3) is 4.46. The van der Waals surface area contributed by atoms with E-state index in [0.29, 0.717) is 6.10 Å². The molecule has 2 saturated heterocycles. The first-order chi connectivity index (χ1) is 10.3. The van der Waals surface area contributed by atoms with Gasteiger partial charge in [0.15, 0.2) is 0 Å². The van der Waals surface area contributed by atoms with Gasteiger partial charge in [-0.05, 0) is 45.3 Å². The van der Waals surface area contributed by atoms with Crippen molar-refractivity contribution in [2.24, 2.45) is 0 Å². The van der Waals surface area contributed by atoms with Gasteiger partial charge in [0, 0.05) is 38.5 Å². The molecule has 3 heterocycles. The predicted molar refractivity (Wildman–Crippen MR) is 82.1 cm³/mol. The van der Waals surface area contributed by atoms with Gasteiger partial charge in [0.1, 0.15) is 6.33 Å². The van der Waals surface area contributed by atoms with Crippen molar-refractivity contribution in [3.05, 3.63) is 23.8 Å². The second-order valence-electron chi connectivity index (χ2n) is 6.22. The Bertz CT molecular complexity index is 448. The molecule has 0 saturated carbocycles. The van der Waals surface area contributed by atoms with Crippen LogP contribution < -0.4 is 0 Å². The van der Waals surface area contributed by atoms with Crippen LogP contribution in [-0.2, 0) is 11.3 Å². The predicted octanol–water partition coefficient (Wildman–Crippen LogP) is 1.47. The summed E-state index contributed by atoms with van der Waals surface area (Å²) in [6, 6.07) is 2.09. The summed E-state index contributed by atoms with van der Waals surface area (Å²) in [6.07, 6.45) is 5.85. The van der Waals surface area contributed by atoms with E-state index in [0.717, 1.165) is 50.7 Å². The minimum Gasteiger partial charge on any atom is -0.377 e. The Morgan fingerprint density at radius 1 is 1.14 bits per heavy atom. The molecule has 116 valence electrons. The molecule has 2 aliphatic heterocycles. The van der Waals surface area contributed by atoms with Gasteiger partial charge in [-0.2, -0.15) is 0 Å². The second-order valence-corrected chi connectivity index (χ2v) is 6.22. The van der Waals surface area contributed by atoms with Crippen LogP contribution in [0.25, 0.3) is 0 Å². The van der Waals surface area contributed by atoms with Gasteiger partial charge in [0.05, 0.1) is 11.8 Å². The molecule has 1 aromatic rings. The maximum absolute atomic E-state index is 5.76. The quantitative estimate of drug-likeness (QED) is 0.840. The molecular weight excluding hydrogens is 264 g/mol. The van der Waals surface area contributed by atoms with Crippen LogP contribution in [-0.4, -0.2) is 65.2 Å². The molecule has 1 atom stereocenters. The highest BCUT2D eigenvalue weighted by Crippen LogP contribution is 2.15. The minimum atomic E-state index is 0.473. The summed E-state index contributed by atoms with van der Waals surface area (Å²) < 4.78 is 5.76. The first-order valence-corrected chi connectivity index (χ1v) is 8.13. The minimum absolute atomic E-state index is 0.473. The average Bonchev–Trinajstić information content (AvgIpc) is 2.87. The second kappa shape index (κ2) is 7.29. The number of rotatable bonds is 4. The van der Waals surface area contributed by atoms with E-state index < -0.39 is 0 Å². The van der Waals surface area contributed by atoms with Crippen molar-refractivity contribution in [3.63, 3.8) is 0 Å². The fourth-order valence-electron chi connectivity index (χ4n) is 3.27. The zero-order valence-corrected chi connectivity index (χ0v) is 13.0. The Balaban J connectivity index is 1.48. The monoisotopic (exact) mass is 290 g/mol. The van der Waals surface area contributed by atoms with Crippen molar-refractivity contribution < 1.29 is 4.74 Å². The Labute approximate surface area is 127 Å². The van der Waals surface area contributed by atoms with Crippen LogP contribution in [0.5, 0.6) is 0 Å². The van der Waals surface area contributed by atoms with Crippen molar-refractivity contribution in [1.82, 2.24) is 19.8 Å². The molecular formula is C16H26N4O. The molecule has 21 heavy (non-hydrogen) atoms. The van der Waals surface area contributed by atoms with E-state index in [4.69, 9.17) is 4.74 Å². The summed E-state index contributed by atoms with van der Waals surface area (Å²) in [7, 11) is 0. The van der Waals surface area contributed by atoms with Crippen LogP contribution >= 0.6 is 0 Å². The van der Waals surface area contributed by atoms with Crippen LogP contribution in [0.2, 0.25) is 0 Å². The Morgan fingerprint density at radius 3 is 2.81 bits per heavy atom. The first-order valence-electron chi connectivity index (χ1n) is 8.13. The maximum atomic E-state index is 5.76. The SMILES string of the molecule is Cc1cc(CN2CCCN(CC3CCCO3)CC2)ncn1. The van der Waals surface area contributed by atoms with Crippen LogP contribution in [0, 0.1) is 6.92 Å². The largest absolute Gasteiger partial charge is 0.377 e. The highest BCUT2D eigenvalue weighted by Gasteiger charge is 2.21. The van der Waals surface area contributed by atoms with E-state index in [2.05, 4.69) is 25.8 Å². The molecule has 0 spiro atoms. The van der Waals surface area contributed by atoms with Crippen LogP contribution in [0.1, 0.15) is 30.7 Å². The van der Waals surface area contributed by atoms with Gasteiger partial charge in [-0.15, -0.1) is 0 Å². The normalized spacial score (nSPS) is 25.1. The van der Waals surface area contributed by atoms with Gasteiger partial charge in [-0.25, -0.2) is 9.97 Å². The van der Waals surface area contributed by atoms with Gasteiger partial charge in [0.25, 0.3) is 0 Å². The Morgan fingerprint density at radius 2 is 2.00 bits per heavy atom. The molecule has 3 rings (SSSR count). The number of nitrogens with zero attached hydrogens (tertiary/aromatic N) is 4. The van der Waals surface area contributed by atoms with Gasteiger partial charge in [-0.3, -0.25) is 9.80 Å². The molecule has 0 radical (unpaired) electrons. The average molecular weight is 290 g/mol. The van der Waals surface area contributed by atoms with E-state index in [1.165, 1.54) is 25.8 Å². The van der Waals surface area contributed by atoms with Crippen LogP contribution in [0.4, 0.5) is 0 Å². The molecule has 0 aromatic carbocycles. The van der Waals surface area contributed by atoms with Crippen molar-refractivity contribution in [3.8, 4) is 0 Å². The third-order valence-corrected chi connectivity index (χ3v) is 4.41. The van der Waals surface area contributed by atoms with Crippen molar-refractivity contribution in [1.29, 1.82) is 0 Å². The fraction of sp³-hybridized carbons (Fsp3) is 0.750. The number of ether oxygens (including phenoxy) is 1. The topological polar surface area (TPSA) is 41.5 Å². The molecule has 0 aliphatic carbocycles. The molecule has 0 N–H and O–H groups in total. The molecule has 2 aliphatic rings. The summed E-state index contributed by atoms with van der Waals surface area (Å²) in [6.45, 7) is 9.65. The number of hydrogen-bond acceptors (Lipinski definition) is 5. The molecule has 5 heteroatoms. The van der Waals surface area contributed by atoms with Gasteiger partial charge >= 0.3 is 0 Å². The van der Waals surface area contributed by atoms with E-state index in [-0.39, 0.29) is 0 Å². The van der Waals surface area contributed by atoms with E-state index in [1.54, 1.807) is 6.33 Å². The van der Waals surface area contributed by atoms with Crippen molar-refractivity contribution in [2.75, 3.05) is 39.3 Å². The Hall–Kier alpha value is -1.04. The molecule has 1 aromatic heterocycles. The maximum Gasteiger partial charge on any atom is 0.115 e. The zero-order valence-electron chi connectivity index (χ0n) is 13.0. The molecule has 0 bridgehead atoms. The van der Waals surface area contributed by atoms with E-state index in [9.17, 15) is 0 Å². The molecule has 1 unspecified atom stereocenters. The summed E-state index contributed by atoms with van der Waals surface area (Å²) in [4.78, 5) is 13.6. The number of aromatic nitrogens is 2. The van der Waals surface area contributed by atoms with Crippen LogP contribution in [0.3, 0.4) is 0 Å². The van der Waals surface area contributed by atoms with E-state index >= 15 is 0 Å².